The van der Waals surface area contributed by atoms with Crippen molar-refractivity contribution in [1.29, 1.82) is 0 Å². The Morgan fingerprint density at radius 2 is 1.95 bits per heavy atom. The quantitative estimate of drug-likeness (QED) is 0.832. The van der Waals surface area contributed by atoms with Crippen molar-refractivity contribution in [2.45, 2.75) is 56.2 Å². The summed E-state index contributed by atoms with van der Waals surface area (Å²) in [7, 11) is -0.930. The zero-order chi connectivity index (χ0) is 15.4. The molecular weight excluding hydrogens is 346 g/mol. The molecule has 0 radical (unpaired) electrons. The van der Waals surface area contributed by atoms with Crippen molar-refractivity contribution in [2.24, 2.45) is 11.8 Å². The lowest BCUT2D eigenvalue weighted by atomic mass is 9.79. The molecule has 1 saturated carbocycles. The molecule has 0 aromatic heterocycles. The van der Waals surface area contributed by atoms with Crippen LogP contribution in [0.1, 0.15) is 40.0 Å². The van der Waals surface area contributed by atoms with E-state index < -0.39 is 10.8 Å². The fourth-order valence-electron chi connectivity index (χ4n) is 3.24. The lowest BCUT2D eigenvalue weighted by Gasteiger charge is -2.37. The number of rotatable bonds is 5. The van der Waals surface area contributed by atoms with Crippen LogP contribution >= 0.6 is 15.9 Å². The standard InChI is InChI=1S/C17H26BrNOS/c1-4-19-16-10-5-13(12(2)3)11-17(16)21(20)15-8-6-14(18)7-9-15/h6-9,12-13,16-17,19H,4-5,10-11H2,1-3H3. The van der Waals surface area contributed by atoms with Gasteiger partial charge >= 0.3 is 0 Å². The maximum absolute atomic E-state index is 13.0. The van der Waals surface area contributed by atoms with Crippen molar-refractivity contribution < 1.29 is 4.21 Å². The molecule has 2 nitrogen and oxygen atoms in total. The maximum atomic E-state index is 13.0. The van der Waals surface area contributed by atoms with Crippen LogP contribution in [-0.4, -0.2) is 22.0 Å². The van der Waals surface area contributed by atoms with E-state index in [0.717, 1.165) is 28.8 Å². The molecule has 21 heavy (non-hydrogen) atoms. The Morgan fingerprint density at radius 1 is 1.29 bits per heavy atom. The largest absolute Gasteiger partial charge is 0.313 e. The van der Waals surface area contributed by atoms with Gasteiger partial charge < -0.3 is 5.32 Å². The second-order valence-electron chi connectivity index (χ2n) is 6.27. The van der Waals surface area contributed by atoms with E-state index in [1.54, 1.807) is 0 Å². The van der Waals surface area contributed by atoms with E-state index in [9.17, 15) is 4.21 Å². The van der Waals surface area contributed by atoms with Crippen LogP contribution in [0.4, 0.5) is 0 Å². The molecule has 0 bridgehead atoms. The molecule has 4 unspecified atom stereocenters. The molecular formula is C17H26BrNOS. The summed E-state index contributed by atoms with van der Waals surface area (Å²) in [4.78, 5) is 0.954. The number of hydrogen-bond donors (Lipinski definition) is 1. The smallest absolute Gasteiger partial charge is 0.0576 e. The van der Waals surface area contributed by atoms with Crippen molar-refractivity contribution >= 4 is 26.7 Å². The van der Waals surface area contributed by atoms with Gasteiger partial charge in [-0.25, -0.2) is 0 Å². The first-order valence-corrected chi connectivity index (χ1v) is 9.93. The monoisotopic (exact) mass is 371 g/mol. The second kappa shape index (κ2) is 7.89. The molecule has 1 N–H and O–H groups in total. The van der Waals surface area contributed by atoms with Crippen LogP contribution in [0.2, 0.25) is 0 Å². The van der Waals surface area contributed by atoms with Crippen LogP contribution in [0, 0.1) is 11.8 Å². The van der Waals surface area contributed by atoms with Crippen molar-refractivity contribution in [3.05, 3.63) is 28.7 Å². The summed E-state index contributed by atoms with van der Waals surface area (Å²) in [6.07, 6.45) is 3.46. The van der Waals surface area contributed by atoms with Crippen LogP contribution in [0.5, 0.6) is 0 Å². The van der Waals surface area contributed by atoms with Crippen LogP contribution in [0.3, 0.4) is 0 Å². The first-order chi connectivity index (χ1) is 10.0. The van der Waals surface area contributed by atoms with Crippen molar-refractivity contribution in [2.75, 3.05) is 6.54 Å². The van der Waals surface area contributed by atoms with Gasteiger partial charge in [-0.15, -0.1) is 0 Å². The van der Waals surface area contributed by atoms with E-state index >= 15 is 0 Å². The summed E-state index contributed by atoms with van der Waals surface area (Å²) >= 11 is 3.44. The van der Waals surface area contributed by atoms with Gasteiger partial charge in [-0.05, 0) is 61.9 Å². The van der Waals surface area contributed by atoms with Gasteiger partial charge in [0.05, 0.1) is 16.0 Å². The highest BCUT2D eigenvalue weighted by Gasteiger charge is 2.35. The molecule has 1 aromatic rings. The third-order valence-corrected chi connectivity index (χ3v) is 6.90. The minimum Gasteiger partial charge on any atom is -0.313 e. The van der Waals surface area contributed by atoms with Gasteiger partial charge in [-0.2, -0.15) is 0 Å². The van der Waals surface area contributed by atoms with Crippen LogP contribution in [-0.2, 0) is 10.8 Å². The summed E-state index contributed by atoms with van der Waals surface area (Å²) in [5.74, 6) is 1.38. The van der Waals surface area contributed by atoms with Crippen LogP contribution in [0.15, 0.2) is 33.6 Å². The number of benzene rings is 1. The van der Waals surface area contributed by atoms with E-state index in [0.29, 0.717) is 17.9 Å². The fourth-order valence-corrected chi connectivity index (χ4v) is 5.21. The van der Waals surface area contributed by atoms with E-state index in [1.165, 1.54) is 6.42 Å². The predicted octanol–water partition coefficient (Wildman–Crippen LogP) is 4.36. The molecule has 4 heteroatoms. The zero-order valence-corrected chi connectivity index (χ0v) is 15.5. The molecule has 0 heterocycles. The lowest BCUT2D eigenvalue weighted by molar-refractivity contribution is 0.245. The normalized spacial score (nSPS) is 27.8. The Labute approximate surface area is 139 Å². The minimum atomic E-state index is -0.930. The van der Waals surface area contributed by atoms with Gasteiger partial charge in [0.25, 0.3) is 0 Å². The fraction of sp³-hybridized carbons (Fsp3) is 0.647. The third kappa shape index (κ3) is 4.40. The van der Waals surface area contributed by atoms with Gasteiger partial charge in [-0.3, -0.25) is 4.21 Å². The zero-order valence-electron chi connectivity index (χ0n) is 13.1. The summed E-state index contributed by atoms with van der Waals surface area (Å²) in [5, 5.41) is 3.78. The summed E-state index contributed by atoms with van der Waals surface area (Å²) in [6, 6.07) is 8.33. The Bertz CT molecular complexity index is 474. The lowest BCUT2D eigenvalue weighted by Crippen LogP contribution is -2.47. The third-order valence-electron chi connectivity index (χ3n) is 4.56. The minimum absolute atomic E-state index is 0.229. The number of hydrogen-bond acceptors (Lipinski definition) is 2. The Kier molecular flexibility index (Phi) is 6.45. The topological polar surface area (TPSA) is 29.1 Å². The molecule has 1 aliphatic rings. The molecule has 2 rings (SSSR count). The van der Waals surface area contributed by atoms with E-state index in [1.807, 2.05) is 24.3 Å². The average Bonchev–Trinajstić information content (AvgIpc) is 2.48. The molecule has 4 atom stereocenters. The molecule has 1 fully saturated rings. The number of nitrogens with one attached hydrogen (secondary N) is 1. The molecule has 1 aromatic carbocycles. The SMILES string of the molecule is CCNC1CCC(C(C)C)CC1S(=O)c1ccc(Br)cc1. The van der Waals surface area contributed by atoms with Crippen molar-refractivity contribution in [3.8, 4) is 0 Å². The van der Waals surface area contributed by atoms with E-state index in [4.69, 9.17) is 0 Å². The van der Waals surface area contributed by atoms with Gasteiger partial charge in [0, 0.05) is 15.4 Å². The highest BCUT2D eigenvalue weighted by Crippen LogP contribution is 2.34. The van der Waals surface area contributed by atoms with Gasteiger partial charge in [0.15, 0.2) is 0 Å². The maximum Gasteiger partial charge on any atom is 0.0576 e. The molecule has 0 amide bonds. The first-order valence-electron chi connectivity index (χ1n) is 7.92. The Morgan fingerprint density at radius 3 is 2.52 bits per heavy atom. The molecule has 0 spiro atoms. The van der Waals surface area contributed by atoms with Crippen LogP contribution < -0.4 is 5.32 Å². The average molecular weight is 372 g/mol. The van der Waals surface area contributed by atoms with Crippen molar-refractivity contribution in [3.63, 3.8) is 0 Å². The van der Waals surface area contributed by atoms with Crippen molar-refractivity contribution in [1.82, 2.24) is 5.32 Å². The van der Waals surface area contributed by atoms with Gasteiger partial charge in [-0.1, -0.05) is 36.7 Å². The van der Waals surface area contributed by atoms with E-state index in [-0.39, 0.29) is 5.25 Å². The van der Waals surface area contributed by atoms with Crippen LogP contribution in [0.25, 0.3) is 0 Å². The number of halogens is 1. The highest BCUT2D eigenvalue weighted by atomic mass is 79.9. The van der Waals surface area contributed by atoms with Gasteiger partial charge in [0.1, 0.15) is 0 Å². The Balaban J connectivity index is 2.18. The molecule has 0 aliphatic heterocycles. The molecule has 1 aliphatic carbocycles. The summed E-state index contributed by atoms with van der Waals surface area (Å²) in [5.41, 5.74) is 0. The molecule has 118 valence electrons. The highest BCUT2D eigenvalue weighted by molar-refractivity contribution is 9.10. The second-order valence-corrected chi connectivity index (χ2v) is 8.86. The Hall–Kier alpha value is -0.190. The van der Waals surface area contributed by atoms with E-state index in [2.05, 4.69) is 42.0 Å². The van der Waals surface area contributed by atoms with Gasteiger partial charge in [0.2, 0.25) is 0 Å². The molecule has 0 saturated heterocycles. The summed E-state index contributed by atoms with van der Waals surface area (Å²) in [6.45, 7) is 7.66. The predicted molar refractivity (Wildman–Crippen MR) is 94.0 cm³/mol. The summed E-state index contributed by atoms with van der Waals surface area (Å²) < 4.78 is 14.1. The first kappa shape index (κ1) is 17.2.